The maximum atomic E-state index is 12.0. The van der Waals surface area contributed by atoms with Crippen LogP contribution in [0.15, 0.2) is 36.7 Å². The summed E-state index contributed by atoms with van der Waals surface area (Å²) in [4.78, 5) is 22.5. The van der Waals surface area contributed by atoms with E-state index in [0.717, 1.165) is 24.5 Å². The molecule has 0 spiro atoms. The van der Waals surface area contributed by atoms with E-state index in [2.05, 4.69) is 25.5 Å². The smallest absolute Gasteiger partial charge is 0.320 e. The Morgan fingerprint density at radius 3 is 2.65 bits per heavy atom. The average molecular weight is 332 g/mol. The zero-order chi connectivity index (χ0) is 16.1. The molecular weight excluding hydrogens is 314 g/mol. The van der Waals surface area contributed by atoms with Crippen LogP contribution < -0.4 is 15.5 Å². The van der Waals surface area contributed by atoms with Gasteiger partial charge >= 0.3 is 6.03 Å². The maximum Gasteiger partial charge on any atom is 0.320 e. The van der Waals surface area contributed by atoms with E-state index in [1.165, 1.54) is 19.2 Å². The van der Waals surface area contributed by atoms with Gasteiger partial charge in [-0.25, -0.2) is 14.8 Å². The summed E-state index contributed by atoms with van der Waals surface area (Å²) in [5.74, 6) is 1.35. The van der Waals surface area contributed by atoms with Gasteiger partial charge in [0.1, 0.15) is 18.0 Å². The number of nitrogens with zero attached hydrogens (tertiary/aromatic N) is 3. The first-order valence-electron chi connectivity index (χ1n) is 7.57. The lowest BCUT2D eigenvalue weighted by atomic mass is 10.2. The lowest BCUT2D eigenvalue weighted by Crippen LogP contribution is -2.28. The molecule has 1 aromatic carbocycles. The number of carbonyl (C=O) groups is 1. The number of urea groups is 1. The molecule has 1 aliphatic rings. The molecule has 120 valence electrons. The van der Waals surface area contributed by atoms with Gasteiger partial charge in [-0.3, -0.25) is 5.32 Å². The normalized spacial score (nSPS) is 13.9. The highest BCUT2D eigenvalue weighted by Crippen LogP contribution is 2.19. The number of hydrogen-bond donors (Lipinski definition) is 2. The Morgan fingerprint density at radius 1 is 1.17 bits per heavy atom. The Labute approximate surface area is 139 Å². The van der Waals surface area contributed by atoms with Gasteiger partial charge in [-0.2, -0.15) is 0 Å². The van der Waals surface area contributed by atoms with Crippen LogP contribution in [0.5, 0.6) is 0 Å². The zero-order valence-electron chi connectivity index (χ0n) is 12.6. The molecule has 1 fully saturated rings. The second-order valence-corrected chi connectivity index (χ2v) is 5.83. The summed E-state index contributed by atoms with van der Waals surface area (Å²) in [5, 5.41) is 6.20. The van der Waals surface area contributed by atoms with Gasteiger partial charge in [-0.1, -0.05) is 23.7 Å². The molecular formula is C16H18ClN5O. The molecule has 2 amide bonds. The molecule has 2 aromatic rings. The van der Waals surface area contributed by atoms with Crippen LogP contribution in [-0.4, -0.2) is 29.1 Å². The standard InChI is InChI=1S/C16H18ClN5O/c17-13-5-3-12(4-6-13)10-18-16(23)21-14-9-15(20-11-19-14)22-7-1-2-8-22/h3-6,9,11H,1-2,7-8,10H2,(H2,18,19,20,21,23). The van der Waals surface area contributed by atoms with Crippen molar-refractivity contribution in [1.82, 2.24) is 15.3 Å². The molecule has 0 unspecified atom stereocenters. The Hall–Kier alpha value is -2.34. The van der Waals surface area contributed by atoms with Crippen LogP contribution in [0.2, 0.25) is 5.02 Å². The van der Waals surface area contributed by atoms with Crippen LogP contribution in [0.4, 0.5) is 16.4 Å². The Kier molecular flexibility index (Phi) is 4.92. The molecule has 1 saturated heterocycles. The molecule has 2 N–H and O–H groups in total. The van der Waals surface area contributed by atoms with Crippen molar-refractivity contribution < 1.29 is 4.79 Å². The minimum absolute atomic E-state index is 0.300. The first-order valence-corrected chi connectivity index (χ1v) is 7.95. The van der Waals surface area contributed by atoms with Crippen molar-refractivity contribution in [2.75, 3.05) is 23.3 Å². The van der Waals surface area contributed by atoms with Gasteiger partial charge < -0.3 is 10.2 Å². The monoisotopic (exact) mass is 331 g/mol. The van der Waals surface area contributed by atoms with E-state index in [0.29, 0.717) is 17.4 Å². The average Bonchev–Trinajstić information content (AvgIpc) is 3.09. The quantitative estimate of drug-likeness (QED) is 0.903. The zero-order valence-corrected chi connectivity index (χ0v) is 13.4. The maximum absolute atomic E-state index is 12.0. The van der Waals surface area contributed by atoms with E-state index in [1.54, 1.807) is 18.2 Å². The molecule has 1 aromatic heterocycles. The minimum atomic E-state index is -0.300. The lowest BCUT2D eigenvalue weighted by Gasteiger charge is -2.16. The highest BCUT2D eigenvalue weighted by molar-refractivity contribution is 6.30. The van der Waals surface area contributed by atoms with Crippen molar-refractivity contribution in [2.24, 2.45) is 0 Å². The van der Waals surface area contributed by atoms with Crippen molar-refractivity contribution in [1.29, 1.82) is 0 Å². The predicted molar refractivity (Wildman–Crippen MR) is 90.8 cm³/mol. The molecule has 2 heterocycles. The summed E-state index contributed by atoms with van der Waals surface area (Å²) in [7, 11) is 0. The van der Waals surface area contributed by atoms with Crippen LogP contribution in [0.3, 0.4) is 0 Å². The summed E-state index contributed by atoms with van der Waals surface area (Å²) in [5.41, 5.74) is 0.977. The Bertz CT molecular complexity index is 670. The van der Waals surface area contributed by atoms with Gasteiger partial charge in [-0.05, 0) is 30.5 Å². The van der Waals surface area contributed by atoms with E-state index in [4.69, 9.17) is 11.6 Å². The molecule has 3 rings (SSSR count). The van der Waals surface area contributed by atoms with Crippen LogP contribution >= 0.6 is 11.6 Å². The highest BCUT2D eigenvalue weighted by atomic mass is 35.5. The second kappa shape index (κ2) is 7.28. The van der Waals surface area contributed by atoms with E-state index >= 15 is 0 Å². The molecule has 7 heteroatoms. The first-order chi connectivity index (χ1) is 11.2. The summed E-state index contributed by atoms with van der Waals surface area (Å²) in [6.45, 7) is 2.42. The van der Waals surface area contributed by atoms with Gasteiger partial charge in [-0.15, -0.1) is 0 Å². The second-order valence-electron chi connectivity index (χ2n) is 5.39. The Morgan fingerprint density at radius 2 is 1.91 bits per heavy atom. The fourth-order valence-electron chi connectivity index (χ4n) is 2.48. The molecule has 1 aliphatic heterocycles. The van der Waals surface area contributed by atoms with Crippen LogP contribution in [0.25, 0.3) is 0 Å². The van der Waals surface area contributed by atoms with Crippen LogP contribution in [0.1, 0.15) is 18.4 Å². The lowest BCUT2D eigenvalue weighted by molar-refractivity contribution is 0.251. The molecule has 0 bridgehead atoms. The molecule has 6 nitrogen and oxygen atoms in total. The summed E-state index contributed by atoms with van der Waals surface area (Å²) < 4.78 is 0. The SMILES string of the molecule is O=C(NCc1ccc(Cl)cc1)Nc1cc(N2CCCC2)ncn1. The van der Waals surface area contributed by atoms with E-state index in [1.807, 2.05) is 12.1 Å². The molecule has 0 radical (unpaired) electrons. The molecule has 23 heavy (non-hydrogen) atoms. The van der Waals surface area contributed by atoms with Gasteiger partial charge in [0.2, 0.25) is 0 Å². The third-order valence-electron chi connectivity index (χ3n) is 3.69. The molecule has 0 aliphatic carbocycles. The van der Waals surface area contributed by atoms with Gasteiger partial charge in [0.05, 0.1) is 0 Å². The summed E-state index contributed by atoms with van der Waals surface area (Å²) >= 11 is 5.83. The van der Waals surface area contributed by atoms with Crippen LogP contribution in [0, 0.1) is 0 Å². The van der Waals surface area contributed by atoms with Crippen molar-refractivity contribution in [3.63, 3.8) is 0 Å². The van der Waals surface area contributed by atoms with Crippen LogP contribution in [-0.2, 0) is 6.54 Å². The Balaban J connectivity index is 1.55. The molecule has 0 atom stereocenters. The van der Waals surface area contributed by atoms with Crippen molar-refractivity contribution in [2.45, 2.75) is 19.4 Å². The van der Waals surface area contributed by atoms with Crippen molar-refractivity contribution in [3.8, 4) is 0 Å². The van der Waals surface area contributed by atoms with Crippen molar-refractivity contribution in [3.05, 3.63) is 47.2 Å². The third-order valence-corrected chi connectivity index (χ3v) is 3.94. The number of halogens is 1. The number of anilines is 2. The number of rotatable bonds is 4. The fourth-order valence-corrected chi connectivity index (χ4v) is 2.61. The molecule has 0 saturated carbocycles. The van der Waals surface area contributed by atoms with Crippen molar-refractivity contribution >= 4 is 29.3 Å². The number of amides is 2. The van der Waals surface area contributed by atoms with Gasteiger partial charge in [0, 0.05) is 30.7 Å². The number of carbonyl (C=O) groups excluding carboxylic acids is 1. The largest absolute Gasteiger partial charge is 0.356 e. The van der Waals surface area contributed by atoms with E-state index in [-0.39, 0.29) is 6.03 Å². The number of hydrogen-bond acceptors (Lipinski definition) is 4. The predicted octanol–water partition coefficient (Wildman–Crippen LogP) is 3.05. The fraction of sp³-hybridized carbons (Fsp3) is 0.312. The van der Waals surface area contributed by atoms with E-state index < -0.39 is 0 Å². The number of aromatic nitrogens is 2. The number of nitrogens with one attached hydrogen (secondary N) is 2. The summed E-state index contributed by atoms with van der Waals surface area (Å²) in [6, 6.07) is 8.84. The highest BCUT2D eigenvalue weighted by Gasteiger charge is 2.14. The van der Waals surface area contributed by atoms with Gasteiger partial charge in [0.15, 0.2) is 0 Å². The summed E-state index contributed by atoms with van der Waals surface area (Å²) in [6.07, 6.45) is 3.82. The van der Waals surface area contributed by atoms with E-state index in [9.17, 15) is 4.79 Å². The third kappa shape index (κ3) is 4.32. The first kappa shape index (κ1) is 15.6. The topological polar surface area (TPSA) is 70.2 Å². The minimum Gasteiger partial charge on any atom is -0.356 e. The van der Waals surface area contributed by atoms with Gasteiger partial charge in [0.25, 0.3) is 0 Å². The number of benzene rings is 1.